The average molecular weight is 215 g/mol. The second kappa shape index (κ2) is 6.43. The van der Waals surface area contributed by atoms with Crippen molar-refractivity contribution in [2.24, 2.45) is 0 Å². The first-order valence-corrected chi connectivity index (χ1v) is 5.88. The first kappa shape index (κ1) is 12.9. The molecule has 1 saturated heterocycles. The number of likely N-dealkylation sites (N-methyl/N-ethyl adjacent to an activating group) is 2. The summed E-state index contributed by atoms with van der Waals surface area (Å²) in [5.74, 6) is 0. The Morgan fingerprint density at radius 2 is 2.20 bits per heavy atom. The summed E-state index contributed by atoms with van der Waals surface area (Å²) in [4.78, 5) is 4.76. The summed E-state index contributed by atoms with van der Waals surface area (Å²) in [6, 6.07) is 0.545. The third kappa shape index (κ3) is 4.47. The van der Waals surface area contributed by atoms with Gasteiger partial charge in [-0.15, -0.1) is 0 Å². The number of rotatable bonds is 4. The maximum Gasteiger partial charge on any atom is 0.0791 e. The van der Waals surface area contributed by atoms with Gasteiger partial charge in [0.1, 0.15) is 0 Å². The molecule has 1 aliphatic rings. The van der Waals surface area contributed by atoms with Crippen molar-refractivity contribution in [3.05, 3.63) is 0 Å². The zero-order valence-corrected chi connectivity index (χ0v) is 10.2. The molecule has 0 aliphatic carbocycles. The molecule has 0 aromatic carbocycles. The highest BCUT2D eigenvalue weighted by Crippen LogP contribution is 2.08. The number of hydrogen-bond acceptors (Lipinski definition) is 4. The van der Waals surface area contributed by atoms with Crippen molar-refractivity contribution in [1.82, 2.24) is 15.1 Å². The molecule has 1 heterocycles. The Hall–Kier alpha value is -0.160. The SMILES string of the molecule is CNCC(O)CN1CCCN(C)CC1C. The predicted octanol–water partition coefficient (Wildman–Crippen LogP) is -0.407. The molecule has 2 atom stereocenters. The van der Waals surface area contributed by atoms with Crippen LogP contribution in [0.4, 0.5) is 0 Å². The summed E-state index contributed by atoms with van der Waals surface area (Å²) < 4.78 is 0. The molecule has 0 saturated carbocycles. The number of aliphatic hydroxyl groups excluding tert-OH is 1. The van der Waals surface area contributed by atoms with Crippen molar-refractivity contribution in [2.75, 3.05) is 46.8 Å². The monoisotopic (exact) mass is 215 g/mol. The van der Waals surface area contributed by atoms with Crippen LogP contribution < -0.4 is 5.32 Å². The van der Waals surface area contributed by atoms with E-state index >= 15 is 0 Å². The lowest BCUT2D eigenvalue weighted by Gasteiger charge is -2.29. The van der Waals surface area contributed by atoms with E-state index in [0.717, 1.165) is 19.6 Å². The number of nitrogens with one attached hydrogen (secondary N) is 1. The number of β-amino-alcohol motifs (C(OH)–C–C–N with tert-alkyl or cyclic N) is 1. The van der Waals surface area contributed by atoms with E-state index in [1.165, 1.54) is 13.0 Å². The van der Waals surface area contributed by atoms with Crippen LogP contribution in [0.15, 0.2) is 0 Å². The maximum atomic E-state index is 9.76. The van der Waals surface area contributed by atoms with Gasteiger partial charge in [0.2, 0.25) is 0 Å². The van der Waals surface area contributed by atoms with Gasteiger partial charge in [-0.25, -0.2) is 0 Å². The van der Waals surface area contributed by atoms with Gasteiger partial charge >= 0.3 is 0 Å². The van der Waals surface area contributed by atoms with Crippen LogP contribution in [-0.2, 0) is 0 Å². The number of aliphatic hydroxyl groups is 1. The minimum Gasteiger partial charge on any atom is -0.390 e. The van der Waals surface area contributed by atoms with Gasteiger partial charge in [-0.05, 0) is 40.5 Å². The van der Waals surface area contributed by atoms with Crippen molar-refractivity contribution in [1.29, 1.82) is 0 Å². The van der Waals surface area contributed by atoms with Gasteiger partial charge < -0.3 is 15.3 Å². The number of hydrogen-bond donors (Lipinski definition) is 2. The molecule has 0 spiro atoms. The molecule has 90 valence electrons. The predicted molar refractivity (Wildman–Crippen MR) is 63.1 cm³/mol. The summed E-state index contributed by atoms with van der Waals surface area (Å²) in [5, 5.41) is 12.8. The van der Waals surface area contributed by atoms with Crippen LogP contribution >= 0.6 is 0 Å². The topological polar surface area (TPSA) is 38.7 Å². The molecular weight excluding hydrogens is 190 g/mol. The molecule has 0 amide bonds. The van der Waals surface area contributed by atoms with Crippen molar-refractivity contribution >= 4 is 0 Å². The molecule has 0 bridgehead atoms. The van der Waals surface area contributed by atoms with Crippen LogP contribution in [0, 0.1) is 0 Å². The molecular formula is C11H25N3O. The maximum absolute atomic E-state index is 9.76. The smallest absolute Gasteiger partial charge is 0.0791 e. The van der Waals surface area contributed by atoms with Gasteiger partial charge in [0.25, 0.3) is 0 Å². The molecule has 15 heavy (non-hydrogen) atoms. The lowest BCUT2D eigenvalue weighted by molar-refractivity contribution is 0.0926. The van der Waals surface area contributed by atoms with Gasteiger partial charge in [0, 0.05) is 25.7 Å². The second-order valence-corrected chi connectivity index (χ2v) is 4.67. The van der Waals surface area contributed by atoms with Crippen molar-refractivity contribution in [2.45, 2.75) is 25.5 Å². The van der Waals surface area contributed by atoms with Gasteiger partial charge in [0.15, 0.2) is 0 Å². The zero-order valence-electron chi connectivity index (χ0n) is 10.2. The van der Waals surface area contributed by atoms with E-state index in [9.17, 15) is 5.11 Å². The van der Waals surface area contributed by atoms with Crippen LogP contribution in [0.2, 0.25) is 0 Å². The Bertz CT molecular complexity index is 177. The highest BCUT2D eigenvalue weighted by Gasteiger charge is 2.21. The van der Waals surface area contributed by atoms with Crippen LogP contribution in [0.3, 0.4) is 0 Å². The fraction of sp³-hybridized carbons (Fsp3) is 1.00. The van der Waals surface area contributed by atoms with E-state index < -0.39 is 0 Å². The Balaban J connectivity index is 2.38. The molecule has 1 rings (SSSR count). The molecule has 0 aromatic heterocycles. The molecule has 4 heteroatoms. The molecule has 2 unspecified atom stereocenters. The number of nitrogens with zero attached hydrogens (tertiary/aromatic N) is 2. The normalized spacial score (nSPS) is 27.6. The van der Waals surface area contributed by atoms with Crippen molar-refractivity contribution in [3.63, 3.8) is 0 Å². The first-order chi connectivity index (χ1) is 7.13. The van der Waals surface area contributed by atoms with E-state index in [2.05, 4.69) is 29.1 Å². The van der Waals surface area contributed by atoms with E-state index in [4.69, 9.17) is 0 Å². The quantitative estimate of drug-likeness (QED) is 0.669. The fourth-order valence-electron chi connectivity index (χ4n) is 2.26. The summed E-state index contributed by atoms with van der Waals surface area (Å²) in [5.41, 5.74) is 0. The van der Waals surface area contributed by atoms with Crippen molar-refractivity contribution < 1.29 is 5.11 Å². The molecule has 0 radical (unpaired) electrons. The minimum absolute atomic E-state index is 0.249. The third-order valence-electron chi connectivity index (χ3n) is 3.07. The van der Waals surface area contributed by atoms with Gasteiger partial charge in [-0.3, -0.25) is 4.90 Å². The Morgan fingerprint density at radius 3 is 2.87 bits per heavy atom. The fourth-order valence-corrected chi connectivity index (χ4v) is 2.26. The second-order valence-electron chi connectivity index (χ2n) is 4.67. The highest BCUT2D eigenvalue weighted by atomic mass is 16.3. The highest BCUT2D eigenvalue weighted by molar-refractivity contribution is 4.77. The van der Waals surface area contributed by atoms with Crippen LogP contribution in [0.5, 0.6) is 0 Å². The first-order valence-electron chi connectivity index (χ1n) is 5.88. The lowest BCUT2D eigenvalue weighted by Crippen LogP contribution is -2.44. The summed E-state index contributed by atoms with van der Waals surface area (Å²) in [7, 11) is 4.05. The van der Waals surface area contributed by atoms with E-state index in [1.807, 2.05) is 7.05 Å². The van der Waals surface area contributed by atoms with Crippen LogP contribution in [0.1, 0.15) is 13.3 Å². The molecule has 1 fully saturated rings. The Kier molecular flexibility index (Phi) is 5.53. The Morgan fingerprint density at radius 1 is 1.47 bits per heavy atom. The zero-order chi connectivity index (χ0) is 11.3. The van der Waals surface area contributed by atoms with Gasteiger partial charge in [-0.1, -0.05) is 0 Å². The minimum atomic E-state index is -0.249. The van der Waals surface area contributed by atoms with Crippen LogP contribution in [0.25, 0.3) is 0 Å². The van der Waals surface area contributed by atoms with E-state index in [1.54, 1.807) is 0 Å². The molecule has 0 aromatic rings. The van der Waals surface area contributed by atoms with Crippen LogP contribution in [-0.4, -0.2) is 73.9 Å². The molecule has 1 aliphatic heterocycles. The third-order valence-corrected chi connectivity index (χ3v) is 3.07. The largest absolute Gasteiger partial charge is 0.390 e. The van der Waals surface area contributed by atoms with E-state index in [0.29, 0.717) is 12.6 Å². The summed E-state index contributed by atoms with van der Waals surface area (Å²) in [6.07, 6.45) is 0.952. The van der Waals surface area contributed by atoms with Gasteiger partial charge in [0.05, 0.1) is 6.10 Å². The molecule has 4 nitrogen and oxygen atoms in total. The van der Waals surface area contributed by atoms with Crippen molar-refractivity contribution in [3.8, 4) is 0 Å². The standard InChI is InChI=1S/C11H25N3O/c1-10-8-13(3)5-4-6-14(10)9-11(15)7-12-2/h10-12,15H,4-9H2,1-3H3. The summed E-state index contributed by atoms with van der Waals surface area (Å²) >= 11 is 0. The van der Waals surface area contributed by atoms with Gasteiger partial charge in [-0.2, -0.15) is 0 Å². The lowest BCUT2D eigenvalue weighted by atomic mass is 10.2. The molecule has 2 N–H and O–H groups in total. The van der Waals surface area contributed by atoms with E-state index in [-0.39, 0.29) is 6.10 Å². The summed E-state index contributed by atoms with van der Waals surface area (Å²) in [6.45, 7) is 7.09. The average Bonchev–Trinajstić information content (AvgIpc) is 2.29. The Labute approximate surface area is 93.2 Å².